The average molecular weight is 111 g/mol. The van der Waals surface area contributed by atoms with Crippen molar-refractivity contribution >= 4 is 13.8 Å². The summed E-state index contributed by atoms with van der Waals surface area (Å²) in [5.74, 6) is -0.238. The van der Waals surface area contributed by atoms with E-state index in [1.165, 1.54) is 0 Å². The minimum Gasteiger partial charge on any atom is -0.370 e. The van der Waals surface area contributed by atoms with Gasteiger partial charge in [-0.2, -0.15) is 0 Å². The van der Waals surface area contributed by atoms with Crippen molar-refractivity contribution in [2.24, 2.45) is 5.73 Å². The number of carbonyl (C=O) groups excluding carboxylic acids is 1. The molecule has 0 aromatic heterocycles. The van der Waals surface area contributed by atoms with E-state index in [-0.39, 0.29) is 5.91 Å². The van der Waals surface area contributed by atoms with E-state index in [9.17, 15) is 4.79 Å². The van der Waals surface area contributed by atoms with Gasteiger partial charge in [-0.1, -0.05) is 12.7 Å². The van der Waals surface area contributed by atoms with E-state index in [0.717, 1.165) is 12.8 Å². The van der Waals surface area contributed by atoms with E-state index in [4.69, 9.17) is 13.6 Å². The van der Waals surface area contributed by atoms with Gasteiger partial charge in [0.2, 0.25) is 5.91 Å². The van der Waals surface area contributed by atoms with Gasteiger partial charge in [0.15, 0.2) is 0 Å². The highest BCUT2D eigenvalue weighted by molar-refractivity contribution is 6.08. The molecule has 0 atom stereocenters. The molecule has 0 saturated heterocycles. The monoisotopic (exact) mass is 111 g/mol. The first kappa shape index (κ1) is 7.53. The van der Waals surface area contributed by atoms with E-state index in [0.29, 0.717) is 12.7 Å². The van der Waals surface area contributed by atoms with Crippen molar-refractivity contribution in [2.75, 3.05) is 0 Å². The minimum atomic E-state index is -0.238. The van der Waals surface area contributed by atoms with Crippen molar-refractivity contribution < 1.29 is 4.79 Å². The smallest absolute Gasteiger partial charge is 0.217 e. The summed E-state index contributed by atoms with van der Waals surface area (Å²) < 4.78 is 0. The largest absolute Gasteiger partial charge is 0.370 e. The Balaban J connectivity index is 2.82. The molecule has 2 N–H and O–H groups in total. The molecular weight excluding hydrogens is 101 g/mol. The van der Waals surface area contributed by atoms with Gasteiger partial charge in [0, 0.05) is 6.42 Å². The van der Waals surface area contributed by atoms with Crippen LogP contribution in [0.4, 0.5) is 0 Å². The maximum absolute atomic E-state index is 10.1. The molecule has 44 valence electrons. The van der Waals surface area contributed by atoms with Crippen LogP contribution < -0.4 is 5.73 Å². The third-order valence-electron chi connectivity index (χ3n) is 0.877. The first-order valence-corrected chi connectivity index (χ1v) is 2.75. The Labute approximate surface area is 50.9 Å². The topological polar surface area (TPSA) is 43.1 Å². The molecule has 2 radical (unpaired) electrons. The molecular formula is C5H10BNO. The normalized spacial score (nSPS) is 9.00. The summed E-state index contributed by atoms with van der Waals surface area (Å²) in [5.41, 5.74) is 4.85. The zero-order chi connectivity index (χ0) is 6.41. The summed E-state index contributed by atoms with van der Waals surface area (Å²) >= 11 is 0. The molecule has 0 aromatic rings. The number of rotatable bonds is 4. The molecule has 0 unspecified atom stereocenters. The molecule has 0 saturated carbocycles. The summed E-state index contributed by atoms with van der Waals surface area (Å²) in [4.78, 5) is 10.1. The molecule has 8 heavy (non-hydrogen) atoms. The summed E-state index contributed by atoms with van der Waals surface area (Å²) in [6.45, 7) is 0. The van der Waals surface area contributed by atoms with Crippen LogP contribution in [0.2, 0.25) is 6.32 Å². The minimum absolute atomic E-state index is 0.238. The Morgan fingerprint density at radius 1 is 1.50 bits per heavy atom. The SMILES string of the molecule is [B]CCCCC(N)=O. The first-order valence-electron chi connectivity index (χ1n) is 2.75. The predicted octanol–water partition coefficient (Wildman–Crippen LogP) is 0.229. The van der Waals surface area contributed by atoms with Gasteiger partial charge < -0.3 is 5.73 Å². The van der Waals surface area contributed by atoms with Crippen molar-refractivity contribution in [3.63, 3.8) is 0 Å². The van der Waals surface area contributed by atoms with Gasteiger partial charge in [0.05, 0.1) is 7.85 Å². The molecule has 1 amide bonds. The second kappa shape index (κ2) is 4.69. The summed E-state index contributed by atoms with van der Waals surface area (Å²) in [6, 6.07) is 0. The Bertz CT molecular complexity index is 74.8. The number of carbonyl (C=O) groups is 1. The fourth-order valence-corrected chi connectivity index (χ4v) is 0.444. The maximum Gasteiger partial charge on any atom is 0.217 e. The second-order valence-corrected chi connectivity index (χ2v) is 1.71. The number of hydrogen-bond donors (Lipinski definition) is 1. The Morgan fingerprint density at radius 3 is 2.50 bits per heavy atom. The third-order valence-corrected chi connectivity index (χ3v) is 0.877. The standard InChI is InChI=1S/C5H10BNO/c6-4-2-1-3-5(7)8/h1-4H2,(H2,7,8). The molecule has 0 rings (SSSR count). The fraction of sp³-hybridized carbons (Fsp3) is 0.800. The lowest BCUT2D eigenvalue weighted by Crippen LogP contribution is -2.09. The molecule has 0 spiro atoms. The van der Waals surface area contributed by atoms with E-state index in [1.807, 2.05) is 0 Å². The summed E-state index contributed by atoms with van der Waals surface area (Å²) in [6.07, 6.45) is 2.83. The lowest BCUT2D eigenvalue weighted by Gasteiger charge is -1.90. The van der Waals surface area contributed by atoms with Crippen LogP contribution in [0.1, 0.15) is 19.3 Å². The van der Waals surface area contributed by atoms with Crippen LogP contribution in [0.15, 0.2) is 0 Å². The molecule has 0 aliphatic heterocycles. The van der Waals surface area contributed by atoms with Crippen molar-refractivity contribution in [1.29, 1.82) is 0 Å². The van der Waals surface area contributed by atoms with Crippen LogP contribution in [-0.2, 0) is 4.79 Å². The Morgan fingerprint density at radius 2 is 2.12 bits per heavy atom. The van der Waals surface area contributed by atoms with Crippen molar-refractivity contribution in [1.82, 2.24) is 0 Å². The van der Waals surface area contributed by atoms with E-state index in [1.54, 1.807) is 0 Å². The maximum atomic E-state index is 10.1. The van der Waals surface area contributed by atoms with E-state index < -0.39 is 0 Å². The molecule has 0 aliphatic carbocycles. The number of nitrogens with two attached hydrogens (primary N) is 1. The zero-order valence-electron chi connectivity index (χ0n) is 4.89. The molecule has 2 nitrogen and oxygen atoms in total. The van der Waals surface area contributed by atoms with Crippen molar-refractivity contribution in [3.05, 3.63) is 0 Å². The van der Waals surface area contributed by atoms with Crippen molar-refractivity contribution in [2.45, 2.75) is 25.6 Å². The average Bonchev–Trinajstić information content (AvgIpc) is 1.66. The number of hydrogen-bond acceptors (Lipinski definition) is 1. The van der Waals surface area contributed by atoms with E-state index >= 15 is 0 Å². The second-order valence-electron chi connectivity index (χ2n) is 1.71. The molecule has 0 aliphatic rings. The van der Waals surface area contributed by atoms with Crippen LogP contribution in [0.5, 0.6) is 0 Å². The highest BCUT2D eigenvalue weighted by Crippen LogP contribution is 1.95. The number of primary amides is 1. The Kier molecular flexibility index (Phi) is 4.42. The first-order chi connectivity index (χ1) is 3.77. The van der Waals surface area contributed by atoms with Gasteiger partial charge >= 0.3 is 0 Å². The van der Waals surface area contributed by atoms with Gasteiger partial charge in [-0.3, -0.25) is 4.79 Å². The molecule has 0 fully saturated rings. The lowest BCUT2D eigenvalue weighted by molar-refractivity contribution is -0.118. The van der Waals surface area contributed by atoms with Crippen LogP contribution in [-0.4, -0.2) is 13.8 Å². The summed E-state index contributed by atoms with van der Waals surface area (Å²) in [7, 11) is 5.16. The van der Waals surface area contributed by atoms with Crippen LogP contribution in [0.3, 0.4) is 0 Å². The van der Waals surface area contributed by atoms with Crippen LogP contribution >= 0.6 is 0 Å². The molecule has 3 heteroatoms. The highest BCUT2D eigenvalue weighted by Gasteiger charge is 1.90. The Hall–Kier alpha value is -0.465. The third kappa shape index (κ3) is 5.53. The highest BCUT2D eigenvalue weighted by atomic mass is 16.1. The lowest BCUT2D eigenvalue weighted by atomic mass is 9.99. The molecule has 0 bridgehead atoms. The van der Waals surface area contributed by atoms with Gasteiger partial charge in [-0.05, 0) is 6.42 Å². The van der Waals surface area contributed by atoms with E-state index in [2.05, 4.69) is 0 Å². The molecule has 0 heterocycles. The van der Waals surface area contributed by atoms with Crippen LogP contribution in [0, 0.1) is 0 Å². The fourth-order valence-electron chi connectivity index (χ4n) is 0.444. The van der Waals surface area contributed by atoms with Crippen molar-refractivity contribution in [3.8, 4) is 0 Å². The number of unbranched alkanes of at least 4 members (excludes halogenated alkanes) is 1. The van der Waals surface area contributed by atoms with Gasteiger partial charge in [0.1, 0.15) is 0 Å². The van der Waals surface area contributed by atoms with Gasteiger partial charge in [-0.15, -0.1) is 0 Å². The van der Waals surface area contributed by atoms with Gasteiger partial charge in [-0.25, -0.2) is 0 Å². The zero-order valence-corrected chi connectivity index (χ0v) is 4.89. The molecule has 0 aromatic carbocycles. The van der Waals surface area contributed by atoms with Gasteiger partial charge in [0.25, 0.3) is 0 Å². The predicted molar refractivity (Wildman–Crippen MR) is 33.6 cm³/mol. The number of amides is 1. The quantitative estimate of drug-likeness (QED) is 0.409. The van der Waals surface area contributed by atoms with Crippen LogP contribution in [0.25, 0.3) is 0 Å². The summed E-state index contributed by atoms with van der Waals surface area (Å²) in [5, 5.41) is 0.